The normalized spacial score (nSPS) is 10.8. The second-order valence-corrected chi connectivity index (χ2v) is 4.81. The summed E-state index contributed by atoms with van der Waals surface area (Å²) in [5.41, 5.74) is 9.92. The maximum absolute atomic E-state index is 12.4. The summed E-state index contributed by atoms with van der Waals surface area (Å²) in [5, 5.41) is 11.4. The van der Waals surface area contributed by atoms with E-state index in [1.165, 1.54) is 4.68 Å². The van der Waals surface area contributed by atoms with Crippen molar-refractivity contribution in [3.05, 3.63) is 22.8 Å². The number of carbonyl (C=O) groups excluding carboxylic acids is 1. The number of nitrogens with two attached hydrogens (primary N) is 1. The van der Waals surface area contributed by atoms with E-state index in [0.717, 1.165) is 22.8 Å². The van der Waals surface area contributed by atoms with Crippen molar-refractivity contribution in [3.63, 3.8) is 0 Å². The molecular weight excluding hydrogens is 256 g/mol. The molecule has 0 saturated carbocycles. The number of hydrogen-bond acceptors (Lipinski definition) is 4. The average Bonchev–Trinajstić information content (AvgIpc) is 2.80. The Labute approximate surface area is 117 Å². The summed E-state index contributed by atoms with van der Waals surface area (Å²) >= 11 is 0. The van der Waals surface area contributed by atoms with E-state index in [0.29, 0.717) is 17.8 Å². The van der Waals surface area contributed by atoms with Gasteiger partial charge in [0.1, 0.15) is 5.69 Å². The number of hydrogen-bond donors (Lipinski definition) is 2. The Bertz CT molecular complexity index is 667. The van der Waals surface area contributed by atoms with Gasteiger partial charge >= 0.3 is 0 Å². The summed E-state index contributed by atoms with van der Waals surface area (Å²) in [6, 6.07) is 0. The van der Waals surface area contributed by atoms with Gasteiger partial charge in [-0.15, -0.1) is 0 Å². The summed E-state index contributed by atoms with van der Waals surface area (Å²) in [7, 11) is 3.55. The van der Waals surface area contributed by atoms with Crippen molar-refractivity contribution >= 4 is 17.3 Å². The van der Waals surface area contributed by atoms with Crippen molar-refractivity contribution in [2.45, 2.75) is 27.2 Å². The molecule has 2 aromatic heterocycles. The molecule has 20 heavy (non-hydrogen) atoms. The number of aromatic nitrogens is 4. The molecule has 7 nitrogen and oxygen atoms in total. The molecule has 0 aliphatic carbocycles. The van der Waals surface area contributed by atoms with Gasteiger partial charge in [0.25, 0.3) is 5.91 Å². The van der Waals surface area contributed by atoms with E-state index in [9.17, 15) is 4.79 Å². The summed E-state index contributed by atoms with van der Waals surface area (Å²) in [6.45, 7) is 5.71. The number of rotatable bonds is 3. The maximum Gasteiger partial charge on any atom is 0.276 e. The lowest BCUT2D eigenvalue weighted by Crippen LogP contribution is -2.18. The first-order valence-corrected chi connectivity index (χ1v) is 6.49. The van der Waals surface area contributed by atoms with Crippen LogP contribution in [0.25, 0.3) is 0 Å². The molecule has 0 aliphatic heterocycles. The Morgan fingerprint density at radius 2 is 1.90 bits per heavy atom. The molecule has 2 heterocycles. The first kappa shape index (κ1) is 14.1. The third kappa shape index (κ3) is 2.15. The molecule has 0 aromatic carbocycles. The highest BCUT2D eigenvalue weighted by Crippen LogP contribution is 2.22. The number of aryl methyl sites for hydroxylation is 4. The number of nitrogen functional groups attached to an aromatic ring is 1. The third-order valence-electron chi connectivity index (χ3n) is 3.46. The molecule has 1 amide bonds. The van der Waals surface area contributed by atoms with E-state index in [1.807, 2.05) is 27.8 Å². The predicted octanol–water partition coefficient (Wildman–Crippen LogP) is 1.17. The highest BCUT2D eigenvalue weighted by atomic mass is 16.2. The van der Waals surface area contributed by atoms with Gasteiger partial charge in [0.2, 0.25) is 0 Å². The van der Waals surface area contributed by atoms with E-state index in [2.05, 4.69) is 15.5 Å². The Morgan fingerprint density at radius 3 is 2.35 bits per heavy atom. The molecule has 0 aliphatic rings. The number of nitrogens with one attached hydrogen (secondary N) is 1. The van der Waals surface area contributed by atoms with Crippen LogP contribution < -0.4 is 11.1 Å². The van der Waals surface area contributed by atoms with Crippen LogP contribution in [0.5, 0.6) is 0 Å². The highest BCUT2D eigenvalue weighted by molar-refractivity contribution is 6.07. The lowest BCUT2D eigenvalue weighted by Gasteiger charge is -2.06. The molecule has 2 aromatic rings. The maximum atomic E-state index is 12.4. The van der Waals surface area contributed by atoms with Crippen LogP contribution in [-0.4, -0.2) is 25.5 Å². The molecule has 0 fully saturated rings. The van der Waals surface area contributed by atoms with Crippen LogP contribution in [0.2, 0.25) is 0 Å². The topological polar surface area (TPSA) is 90.8 Å². The Kier molecular flexibility index (Phi) is 3.52. The number of carbonyl (C=O) groups is 1. The molecule has 7 heteroatoms. The second kappa shape index (κ2) is 4.99. The van der Waals surface area contributed by atoms with Gasteiger partial charge in [-0.1, -0.05) is 6.92 Å². The van der Waals surface area contributed by atoms with Gasteiger partial charge in [0.05, 0.1) is 28.5 Å². The Balaban J connectivity index is 2.36. The minimum Gasteiger partial charge on any atom is -0.395 e. The first-order chi connectivity index (χ1) is 9.36. The fourth-order valence-electron chi connectivity index (χ4n) is 2.25. The minimum absolute atomic E-state index is 0.267. The molecule has 108 valence electrons. The standard InChI is InChI=1S/C13H20N6O/c1-6-9-10(14)12(19(5)17-9)13(20)15-11-7(2)16-18(4)8(11)3/h6,14H2,1-5H3,(H,15,20). The van der Waals surface area contributed by atoms with Crippen LogP contribution in [0, 0.1) is 13.8 Å². The van der Waals surface area contributed by atoms with Gasteiger partial charge in [-0.3, -0.25) is 14.2 Å². The van der Waals surface area contributed by atoms with E-state index in [4.69, 9.17) is 5.73 Å². The van der Waals surface area contributed by atoms with Crippen LogP contribution in [0.4, 0.5) is 11.4 Å². The molecule has 0 spiro atoms. The summed E-state index contributed by atoms with van der Waals surface area (Å²) in [4.78, 5) is 12.4. The van der Waals surface area contributed by atoms with Crippen molar-refractivity contribution < 1.29 is 4.79 Å². The lowest BCUT2D eigenvalue weighted by atomic mass is 10.2. The Morgan fingerprint density at radius 1 is 1.25 bits per heavy atom. The molecular formula is C13H20N6O. The fourth-order valence-corrected chi connectivity index (χ4v) is 2.25. The molecule has 0 radical (unpaired) electrons. The summed E-state index contributed by atoms with van der Waals surface area (Å²) < 4.78 is 3.25. The minimum atomic E-state index is -0.267. The first-order valence-electron chi connectivity index (χ1n) is 6.49. The summed E-state index contributed by atoms with van der Waals surface area (Å²) in [5.74, 6) is -0.267. The van der Waals surface area contributed by atoms with E-state index < -0.39 is 0 Å². The lowest BCUT2D eigenvalue weighted by molar-refractivity contribution is 0.101. The van der Waals surface area contributed by atoms with Crippen LogP contribution in [0.15, 0.2) is 0 Å². The predicted molar refractivity (Wildman–Crippen MR) is 77.6 cm³/mol. The van der Waals surface area contributed by atoms with Crippen LogP contribution in [0.3, 0.4) is 0 Å². The zero-order valence-corrected chi connectivity index (χ0v) is 12.5. The van der Waals surface area contributed by atoms with Crippen molar-refractivity contribution in [3.8, 4) is 0 Å². The monoisotopic (exact) mass is 276 g/mol. The number of nitrogens with zero attached hydrogens (tertiary/aromatic N) is 4. The molecule has 0 unspecified atom stereocenters. The zero-order valence-electron chi connectivity index (χ0n) is 12.5. The van der Waals surface area contributed by atoms with Crippen LogP contribution in [-0.2, 0) is 20.5 Å². The van der Waals surface area contributed by atoms with E-state index in [-0.39, 0.29) is 5.91 Å². The van der Waals surface area contributed by atoms with Gasteiger partial charge < -0.3 is 11.1 Å². The SMILES string of the molecule is CCc1nn(C)c(C(=O)Nc2c(C)nn(C)c2C)c1N. The number of amides is 1. The molecule has 3 N–H and O–H groups in total. The van der Waals surface area contributed by atoms with E-state index in [1.54, 1.807) is 11.7 Å². The molecule has 0 bridgehead atoms. The molecule has 0 atom stereocenters. The fraction of sp³-hybridized carbons (Fsp3) is 0.462. The van der Waals surface area contributed by atoms with Gasteiger partial charge in [-0.05, 0) is 20.3 Å². The quantitative estimate of drug-likeness (QED) is 0.880. The van der Waals surface area contributed by atoms with E-state index >= 15 is 0 Å². The smallest absolute Gasteiger partial charge is 0.276 e. The van der Waals surface area contributed by atoms with Crippen molar-refractivity contribution in [1.29, 1.82) is 0 Å². The van der Waals surface area contributed by atoms with Crippen molar-refractivity contribution in [2.24, 2.45) is 14.1 Å². The largest absolute Gasteiger partial charge is 0.395 e. The van der Waals surface area contributed by atoms with Crippen molar-refractivity contribution in [1.82, 2.24) is 19.6 Å². The molecule has 2 rings (SSSR count). The Hall–Kier alpha value is -2.31. The van der Waals surface area contributed by atoms with Gasteiger partial charge in [-0.2, -0.15) is 10.2 Å². The van der Waals surface area contributed by atoms with Crippen LogP contribution >= 0.6 is 0 Å². The highest BCUT2D eigenvalue weighted by Gasteiger charge is 2.21. The third-order valence-corrected chi connectivity index (χ3v) is 3.46. The summed E-state index contributed by atoms with van der Waals surface area (Å²) in [6.07, 6.45) is 0.692. The van der Waals surface area contributed by atoms with Crippen molar-refractivity contribution in [2.75, 3.05) is 11.1 Å². The average molecular weight is 276 g/mol. The number of anilines is 2. The zero-order chi connectivity index (χ0) is 15.0. The van der Waals surface area contributed by atoms with Gasteiger partial charge in [0.15, 0.2) is 0 Å². The van der Waals surface area contributed by atoms with Crippen LogP contribution in [0.1, 0.15) is 34.5 Å². The molecule has 0 saturated heterocycles. The van der Waals surface area contributed by atoms with Gasteiger partial charge in [0, 0.05) is 14.1 Å². The second-order valence-electron chi connectivity index (χ2n) is 4.81. The van der Waals surface area contributed by atoms with Gasteiger partial charge in [-0.25, -0.2) is 0 Å².